The van der Waals surface area contributed by atoms with E-state index in [0.717, 1.165) is 37.3 Å². The molecular formula is C21H37IN4O3. The Bertz CT molecular complexity index is 626. The molecule has 0 saturated carbocycles. The number of rotatable bonds is 12. The largest absolute Gasteiger partial charge is 0.493 e. The lowest BCUT2D eigenvalue weighted by Crippen LogP contribution is -2.40. The molecule has 1 aromatic carbocycles. The van der Waals surface area contributed by atoms with Gasteiger partial charge in [0.15, 0.2) is 17.5 Å². The van der Waals surface area contributed by atoms with Gasteiger partial charge in [-0.2, -0.15) is 0 Å². The van der Waals surface area contributed by atoms with Crippen molar-refractivity contribution in [3.05, 3.63) is 23.8 Å². The Kier molecular flexibility index (Phi) is 15.2. The molecule has 1 aromatic rings. The van der Waals surface area contributed by atoms with Gasteiger partial charge in [-0.25, -0.2) is 0 Å². The maximum absolute atomic E-state index is 11.8. The Balaban J connectivity index is 0.00000784. The average Bonchev–Trinajstić information content (AvgIpc) is 2.70. The van der Waals surface area contributed by atoms with Gasteiger partial charge in [0, 0.05) is 32.6 Å². The van der Waals surface area contributed by atoms with E-state index in [9.17, 15) is 4.79 Å². The number of carbonyl (C=O) groups is 1. The van der Waals surface area contributed by atoms with Crippen molar-refractivity contribution >= 4 is 35.8 Å². The monoisotopic (exact) mass is 520 g/mol. The molecule has 1 rings (SSSR count). The summed E-state index contributed by atoms with van der Waals surface area (Å²) >= 11 is 0. The van der Waals surface area contributed by atoms with E-state index in [-0.39, 0.29) is 35.9 Å². The van der Waals surface area contributed by atoms with Gasteiger partial charge >= 0.3 is 0 Å². The van der Waals surface area contributed by atoms with Crippen LogP contribution in [0.2, 0.25) is 0 Å². The number of benzene rings is 1. The van der Waals surface area contributed by atoms with Gasteiger partial charge in [-0.15, -0.1) is 24.0 Å². The Hall–Kier alpha value is -1.71. The number of nitrogens with zero attached hydrogens (tertiary/aromatic N) is 1. The summed E-state index contributed by atoms with van der Waals surface area (Å²) < 4.78 is 10.9. The number of amides is 1. The van der Waals surface area contributed by atoms with E-state index in [4.69, 9.17) is 9.47 Å². The lowest BCUT2D eigenvalue weighted by Gasteiger charge is -2.14. The molecule has 1 atom stereocenters. The van der Waals surface area contributed by atoms with Crippen molar-refractivity contribution in [1.82, 2.24) is 16.0 Å². The lowest BCUT2D eigenvalue weighted by molar-refractivity contribution is -0.121. The predicted octanol–water partition coefficient (Wildman–Crippen LogP) is 3.11. The molecule has 3 N–H and O–H groups in total. The zero-order valence-corrected chi connectivity index (χ0v) is 20.7. The summed E-state index contributed by atoms with van der Waals surface area (Å²) in [4.78, 5) is 16.0. The quantitative estimate of drug-likeness (QED) is 0.171. The Morgan fingerprint density at radius 1 is 1.17 bits per heavy atom. The van der Waals surface area contributed by atoms with Crippen LogP contribution in [0.3, 0.4) is 0 Å². The molecule has 0 aromatic heterocycles. The van der Waals surface area contributed by atoms with Gasteiger partial charge in [-0.3, -0.25) is 9.79 Å². The summed E-state index contributed by atoms with van der Waals surface area (Å²) in [5.41, 5.74) is 1.20. The van der Waals surface area contributed by atoms with Crippen LogP contribution in [-0.2, 0) is 11.2 Å². The minimum atomic E-state index is 0. The van der Waals surface area contributed by atoms with Crippen LogP contribution in [0.5, 0.6) is 11.5 Å². The minimum absolute atomic E-state index is 0. The molecule has 0 spiro atoms. The van der Waals surface area contributed by atoms with Crippen LogP contribution in [0.1, 0.15) is 45.6 Å². The smallest absolute Gasteiger partial charge is 0.221 e. The second kappa shape index (κ2) is 16.1. The Morgan fingerprint density at radius 2 is 1.90 bits per heavy atom. The van der Waals surface area contributed by atoms with Crippen molar-refractivity contribution in [2.45, 2.75) is 52.5 Å². The fourth-order valence-corrected chi connectivity index (χ4v) is 2.61. The van der Waals surface area contributed by atoms with Gasteiger partial charge < -0.3 is 25.4 Å². The molecule has 0 saturated heterocycles. The molecule has 0 bridgehead atoms. The Morgan fingerprint density at radius 3 is 2.52 bits per heavy atom. The summed E-state index contributed by atoms with van der Waals surface area (Å²) in [5, 5.41) is 9.41. The second-order valence-corrected chi connectivity index (χ2v) is 6.57. The maximum Gasteiger partial charge on any atom is 0.221 e. The molecule has 8 heteroatoms. The normalized spacial score (nSPS) is 11.8. The molecule has 0 fully saturated rings. The zero-order valence-electron chi connectivity index (χ0n) is 18.3. The number of hydrogen-bond donors (Lipinski definition) is 3. The fourth-order valence-electron chi connectivity index (χ4n) is 2.61. The summed E-state index contributed by atoms with van der Waals surface area (Å²) in [6.07, 6.45) is 3.23. The SMILES string of the molecule is CCOc1cc(CCCNC(=NC)NCCC(=O)NC(C)CC)ccc1OC.I. The van der Waals surface area contributed by atoms with Crippen molar-refractivity contribution in [2.75, 3.05) is 33.9 Å². The van der Waals surface area contributed by atoms with Crippen LogP contribution in [0, 0.1) is 0 Å². The van der Waals surface area contributed by atoms with Crippen molar-refractivity contribution in [2.24, 2.45) is 4.99 Å². The predicted molar refractivity (Wildman–Crippen MR) is 130 cm³/mol. The highest BCUT2D eigenvalue weighted by atomic mass is 127. The topological polar surface area (TPSA) is 84.0 Å². The molecule has 166 valence electrons. The molecule has 0 aliphatic carbocycles. The van der Waals surface area contributed by atoms with Crippen molar-refractivity contribution in [3.63, 3.8) is 0 Å². The van der Waals surface area contributed by atoms with E-state index in [0.29, 0.717) is 25.5 Å². The highest BCUT2D eigenvalue weighted by Crippen LogP contribution is 2.28. The van der Waals surface area contributed by atoms with Crippen molar-refractivity contribution < 1.29 is 14.3 Å². The average molecular weight is 520 g/mol. The number of nitrogens with one attached hydrogen (secondary N) is 3. The first-order valence-electron chi connectivity index (χ1n) is 10.1. The second-order valence-electron chi connectivity index (χ2n) is 6.57. The van der Waals surface area contributed by atoms with Crippen LogP contribution in [-0.4, -0.2) is 51.8 Å². The number of aryl methyl sites for hydroxylation is 1. The van der Waals surface area contributed by atoms with E-state index in [1.165, 1.54) is 5.56 Å². The van der Waals surface area contributed by atoms with Crippen molar-refractivity contribution in [1.29, 1.82) is 0 Å². The highest BCUT2D eigenvalue weighted by Gasteiger charge is 2.07. The highest BCUT2D eigenvalue weighted by molar-refractivity contribution is 14.0. The van der Waals surface area contributed by atoms with E-state index >= 15 is 0 Å². The summed E-state index contributed by atoms with van der Waals surface area (Å²) in [6, 6.07) is 6.25. The van der Waals surface area contributed by atoms with Crippen LogP contribution < -0.4 is 25.4 Å². The number of carbonyl (C=O) groups excluding carboxylic acids is 1. The van der Waals surface area contributed by atoms with E-state index in [1.54, 1.807) is 14.2 Å². The first-order valence-corrected chi connectivity index (χ1v) is 10.1. The lowest BCUT2D eigenvalue weighted by atomic mass is 10.1. The number of halogens is 1. The van der Waals surface area contributed by atoms with E-state index < -0.39 is 0 Å². The molecule has 0 aliphatic heterocycles. The summed E-state index contributed by atoms with van der Waals surface area (Å²) in [5.74, 6) is 2.30. The molecule has 0 heterocycles. The van der Waals surface area contributed by atoms with Crippen LogP contribution in [0.15, 0.2) is 23.2 Å². The van der Waals surface area contributed by atoms with Gasteiger partial charge in [-0.05, 0) is 50.8 Å². The zero-order chi connectivity index (χ0) is 20.8. The van der Waals surface area contributed by atoms with Gasteiger partial charge in [0.2, 0.25) is 5.91 Å². The first-order chi connectivity index (χ1) is 13.5. The summed E-state index contributed by atoms with van der Waals surface area (Å²) in [6.45, 7) is 7.97. The molecule has 1 unspecified atom stereocenters. The van der Waals surface area contributed by atoms with Gasteiger partial charge in [0.25, 0.3) is 0 Å². The van der Waals surface area contributed by atoms with Gasteiger partial charge in [0.1, 0.15) is 0 Å². The first kappa shape index (κ1) is 27.3. The fraction of sp³-hybridized carbons (Fsp3) is 0.619. The van der Waals surface area contributed by atoms with Crippen LogP contribution >= 0.6 is 24.0 Å². The third-order valence-corrected chi connectivity index (χ3v) is 4.35. The van der Waals surface area contributed by atoms with E-state index in [1.807, 2.05) is 26.0 Å². The number of hydrogen-bond acceptors (Lipinski definition) is 4. The number of ether oxygens (including phenoxy) is 2. The molecule has 7 nitrogen and oxygen atoms in total. The van der Waals surface area contributed by atoms with Crippen LogP contribution in [0.4, 0.5) is 0 Å². The third-order valence-electron chi connectivity index (χ3n) is 4.35. The minimum Gasteiger partial charge on any atom is -0.493 e. The molecular weight excluding hydrogens is 483 g/mol. The van der Waals surface area contributed by atoms with Gasteiger partial charge in [0.05, 0.1) is 13.7 Å². The standard InChI is InChI=1S/C21H36N4O3.HI/c1-6-16(3)25-20(26)12-14-24-21(22-4)23-13-8-9-17-10-11-18(27-5)19(15-17)28-7-2;/h10-11,15-16H,6-9,12-14H2,1-5H3,(H,25,26)(H2,22,23,24);1H. The molecule has 0 aliphatic rings. The third kappa shape index (κ3) is 11.2. The van der Waals surface area contributed by atoms with E-state index in [2.05, 4.69) is 33.9 Å². The van der Waals surface area contributed by atoms with Gasteiger partial charge in [-0.1, -0.05) is 13.0 Å². The number of aliphatic imine (C=N–C) groups is 1. The molecule has 29 heavy (non-hydrogen) atoms. The number of methoxy groups -OCH3 is 1. The maximum atomic E-state index is 11.8. The summed E-state index contributed by atoms with van der Waals surface area (Å²) in [7, 11) is 3.38. The number of guanidine groups is 1. The molecule has 0 radical (unpaired) electrons. The molecule has 1 amide bonds. The Labute approximate surface area is 192 Å². The van der Waals surface area contributed by atoms with Crippen molar-refractivity contribution in [3.8, 4) is 11.5 Å². The van der Waals surface area contributed by atoms with Crippen LogP contribution in [0.25, 0.3) is 0 Å².